The summed E-state index contributed by atoms with van der Waals surface area (Å²) in [5, 5.41) is 3.98. The Morgan fingerprint density at radius 1 is 1.35 bits per heavy atom. The van der Waals surface area contributed by atoms with Gasteiger partial charge >= 0.3 is 0 Å². The normalized spacial score (nSPS) is 17.2. The maximum atomic E-state index is 11.3. The molecule has 0 aliphatic heterocycles. The van der Waals surface area contributed by atoms with E-state index < -0.39 is 9.05 Å². The second-order valence-electron chi connectivity index (χ2n) is 4.23. The Morgan fingerprint density at radius 2 is 2.12 bits per heavy atom. The quantitative estimate of drug-likeness (QED) is 0.783. The van der Waals surface area contributed by atoms with Crippen LogP contribution in [0, 0.1) is 0 Å². The molecule has 2 aromatic heterocycles. The van der Waals surface area contributed by atoms with Gasteiger partial charge in [-0.15, -0.1) is 0 Å². The molecule has 0 spiro atoms. The summed E-state index contributed by atoms with van der Waals surface area (Å²) in [6, 6.07) is 0. The van der Waals surface area contributed by atoms with Gasteiger partial charge in [-0.3, -0.25) is 0 Å². The minimum Gasteiger partial charge on any atom is -0.236 e. The van der Waals surface area contributed by atoms with Crippen LogP contribution in [0.2, 0.25) is 0 Å². The Morgan fingerprint density at radius 3 is 2.71 bits per heavy atom. The fraction of sp³-hybridized carbons (Fsp3) is 0.400. The van der Waals surface area contributed by atoms with Gasteiger partial charge in [0.05, 0.1) is 6.20 Å². The Balaban J connectivity index is 2.13. The lowest BCUT2D eigenvalue weighted by Gasteiger charge is -2.25. The first-order valence-corrected chi connectivity index (χ1v) is 7.64. The largest absolute Gasteiger partial charge is 0.266 e. The van der Waals surface area contributed by atoms with E-state index in [0.717, 1.165) is 18.4 Å². The second-order valence-corrected chi connectivity index (χ2v) is 6.76. The zero-order valence-corrected chi connectivity index (χ0v) is 10.4. The van der Waals surface area contributed by atoms with E-state index in [-0.39, 0.29) is 10.5 Å². The van der Waals surface area contributed by atoms with Gasteiger partial charge in [0.1, 0.15) is 4.90 Å². The van der Waals surface area contributed by atoms with Crippen molar-refractivity contribution in [2.24, 2.45) is 0 Å². The average Bonchev–Trinajstić information content (AvgIpc) is 2.56. The second kappa shape index (κ2) is 3.68. The van der Waals surface area contributed by atoms with Crippen LogP contribution in [-0.2, 0) is 9.05 Å². The molecule has 0 radical (unpaired) electrons. The third-order valence-corrected chi connectivity index (χ3v) is 4.50. The van der Waals surface area contributed by atoms with Crippen molar-refractivity contribution in [3.63, 3.8) is 0 Å². The van der Waals surface area contributed by atoms with E-state index in [2.05, 4.69) is 10.1 Å². The highest BCUT2D eigenvalue weighted by Crippen LogP contribution is 2.36. The molecule has 5 nitrogen and oxygen atoms in total. The molecule has 17 heavy (non-hydrogen) atoms. The molecule has 7 heteroatoms. The molecule has 0 aromatic carbocycles. The molecule has 1 aliphatic carbocycles. The first-order valence-electron chi connectivity index (χ1n) is 5.33. The molecule has 3 rings (SSSR count). The van der Waals surface area contributed by atoms with Crippen molar-refractivity contribution in [2.45, 2.75) is 30.1 Å². The van der Waals surface area contributed by atoms with Crippen LogP contribution in [0.3, 0.4) is 0 Å². The highest BCUT2D eigenvalue weighted by molar-refractivity contribution is 8.13. The van der Waals surface area contributed by atoms with Crippen LogP contribution in [0.15, 0.2) is 23.5 Å². The third kappa shape index (κ3) is 1.81. The van der Waals surface area contributed by atoms with Gasteiger partial charge in [0, 0.05) is 23.1 Å². The zero-order chi connectivity index (χ0) is 12.0. The van der Waals surface area contributed by atoms with E-state index in [0.29, 0.717) is 5.92 Å². The molecule has 1 fully saturated rings. The lowest BCUT2D eigenvalue weighted by Crippen LogP contribution is -2.10. The fourth-order valence-corrected chi connectivity index (χ4v) is 2.86. The zero-order valence-electron chi connectivity index (χ0n) is 8.88. The van der Waals surface area contributed by atoms with Gasteiger partial charge in [-0.1, -0.05) is 6.42 Å². The standard InChI is InChI=1S/C10H10ClN3O2S/c11-17(15,16)9-5-13-14-6-8(4-12-10(9)14)7-2-1-3-7/h4-7H,1-3H2. The Hall–Kier alpha value is -1.14. The molecule has 0 unspecified atom stereocenters. The molecule has 0 saturated heterocycles. The summed E-state index contributed by atoms with van der Waals surface area (Å²) in [7, 11) is 1.51. The third-order valence-electron chi connectivity index (χ3n) is 3.18. The minimum atomic E-state index is -3.78. The number of hydrogen-bond donors (Lipinski definition) is 0. The number of rotatable bonds is 2. The molecule has 0 atom stereocenters. The van der Waals surface area contributed by atoms with Crippen LogP contribution in [0.5, 0.6) is 0 Å². The molecule has 0 N–H and O–H groups in total. The molecular weight excluding hydrogens is 262 g/mol. The van der Waals surface area contributed by atoms with Crippen LogP contribution in [0.4, 0.5) is 0 Å². The fourth-order valence-electron chi connectivity index (χ4n) is 1.99. The first-order chi connectivity index (χ1) is 8.05. The van der Waals surface area contributed by atoms with E-state index in [1.165, 1.54) is 17.1 Å². The number of nitrogens with zero attached hydrogens (tertiary/aromatic N) is 3. The van der Waals surface area contributed by atoms with E-state index >= 15 is 0 Å². The Bertz CT molecular complexity index is 676. The van der Waals surface area contributed by atoms with Crippen LogP contribution in [0.1, 0.15) is 30.7 Å². The molecule has 1 aliphatic rings. The minimum absolute atomic E-state index is 0.0423. The average molecular weight is 272 g/mol. The summed E-state index contributed by atoms with van der Waals surface area (Å²) < 4.78 is 24.0. The summed E-state index contributed by atoms with van der Waals surface area (Å²) in [6.45, 7) is 0. The molecule has 1 saturated carbocycles. The molecule has 2 aromatic rings. The van der Waals surface area contributed by atoms with Crippen LogP contribution < -0.4 is 0 Å². The van der Waals surface area contributed by atoms with E-state index in [4.69, 9.17) is 10.7 Å². The highest BCUT2D eigenvalue weighted by atomic mass is 35.7. The van der Waals surface area contributed by atoms with Crippen molar-refractivity contribution < 1.29 is 8.42 Å². The van der Waals surface area contributed by atoms with Gasteiger partial charge in [0.15, 0.2) is 5.65 Å². The summed E-state index contributed by atoms with van der Waals surface area (Å²) in [5.74, 6) is 0.534. The molecular formula is C10H10ClN3O2S. The van der Waals surface area contributed by atoms with Crippen molar-refractivity contribution in [1.29, 1.82) is 0 Å². The van der Waals surface area contributed by atoms with Crippen LogP contribution in [-0.4, -0.2) is 23.0 Å². The number of hydrogen-bond acceptors (Lipinski definition) is 4. The predicted octanol–water partition coefficient (Wildman–Crippen LogP) is 1.92. The lowest BCUT2D eigenvalue weighted by molar-refractivity contribution is 0.417. The van der Waals surface area contributed by atoms with Gasteiger partial charge < -0.3 is 0 Å². The van der Waals surface area contributed by atoms with Crippen LogP contribution in [0.25, 0.3) is 5.65 Å². The van der Waals surface area contributed by atoms with Gasteiger partial charge in [0.2, 0.25) is 0 Å². The number of halogens is 1. The molecule has 90 valence electrons. The van der Waals surface area contributed by atoms with Gasteiger partial charge in [-0.25, -0.2) is 17.9 Å². The molecule has 0 amide bonds. The van der Waals surface area contributed by atoms with E-state index in [1.54, 1.807) is 6.20 Å². The first kappa shape index (κ1) is 11.0. The summed E-state index contributed by atoms with van der Waals surface area (Å²) in [4.78, 5) is 4.11. The number of aromatic nitrogens is 3. The summed E-state index contributed by atoms with van der Waals surface area (Å²) in [5.41, 5.74) is 1.38. The van der Waals surface area contributed by atoms with Crippen LogP contribution >= 0.6 is 10.7 Å². The van der Waals surface area contributed by atoms with Gasteiger partial charge in [0.25, 0.3) is 9.05 Å². The Labute approximate surface area is 103 Å². The van der Waals surface area contributed by atoms with Crippen molar-refractivity contribution in [3.8, 4) is 0 Å². The van der Waals surface area contributed by atoms with Gasteiger partial charge in [-0.05, 0) is 24.3 Å². The molecule has 2 heterocycles. The lowest BCUT2D eigenvalue weighted by atomic mass is 9.81. The van der Waals surface area contributed by atoms with Crippen molar-refractivity contribution in [1.82, 2.24) is 14.6 Å². The predicted molar refractivity (Wildman–Crippen MR) is 62.6 cm³/mol. The maximum Gasteiger partial charge on any atom is 0.266 e. The summed E-state index contributed by atoms with van der Waals surface area (Å²) in [6.07, 6.45) is 8.34. The number of fused-ring (bicyclic) bond motifs is 1. The topological polar surface area (TPSA) is 64.3 Å². The van der Waals surface area contributed by atoms with Crippen molar-refractivity contribution in [3.05, 3.63) is 24.2 Å². The van der Waals surface area contributed by atoms with Gasteiger partial charge in [-0.2, -0.15) is 5.10 Å². The highest BCUT2D eigenvalue weighted by Gasteiger charge is 2.22. The van der Waals surface area contributed by atoms with Crippen molar-refractivity contribution >= 4 is 25.4 Å². The summed E-state index contributed by atoms with van der Waals surface area (Å²) >= 11 is 0. The Kier molecular flexibility index (Phi) is 2.38. The van der Waals surface area contributed by atoms with E-state index in [9.17, 15) is 8.42 Å². The smallest absolute Gasteiger partial charge is 0.236 e. The maximum absolute atomic E-state index is 11.3. The van der Waals surface area contributed by atoms with Crippen molar-refractivity contribution in [2.75, 3.05) is 0 Å². The monoisotopic (exact) mass is 271 g/mol. The SMILES string of the molecule is O=S(=O)(Cl)c1cnn2cc(C3CCC3)cnc12. The molecule has 0 bridgehead atoms. The van der Waals surface area contributed by atoms with E-state index in [1.807, 2.05) is 6.20 Å².